The average Bonchev–Trinajstić information content (AvgIpc) is 2.60. The Balaban J connectivity index is 2.23. The fourth-order valence-corrected chi connectivity index (χ4v) is 2.05. The minimum Gasteiger partial charge on any atom is -0.383 e. The van der Waals surface area contributed by atoms with Gasteiger partial charge in [-0.3, -0.25) is 4.79 Å². The maximum absolute atomic E-state index is 11.0. The number of carbonyl (C=O) groups excluding carboxylic acids is 1. The highest BCUT2D eigenvalue weighted by Crippen LogP contribution is 2.27. The lowest BCUT2D eigenvalue weighted by Crippen LogP contribution is -2.27. The molecule has 1 aliphatic heterocycles. The van der Waals surface area contributed by atoms with Crippen LogP contribution in [0.3, 0.4) is 0 Å². The number of primary amides is 1. The molecule has 0 radical (unpaired) electrons. The number of aromatic nitrogens is 2. The van der Waals surface area contributed by atoms with Crippen LogP contribution in [0, 0.1) is 0 Å². The molecule has 6 nitrogen and oxygen atoms in total. The van der Waals surface area contributed by atoms with Crippen LogP contribution in [0.5, 0.6) is 0 Å². The van der Waals surface area contributed by atoms with Gasteiger partial charge in [-0.15, -0.1) is 0 Å². The van der Waals surface area contributed by atoms with Crippen molar-refractivity contribution in [1.82, 2.24) is 9.78 Å². The summed E-state index contributed by atoms with van der Waals surface area (Å²) in [6.45, 7) is 2.71. The number of hydrogen-bond acceptors (Lipinski definition) is 4. The summed E-state index contributed by atoms with van der Waals surface area (Å²) in [5, 5.41) is 4.13. The van der Waals surface area contributed by atoms with Gasteiger partial charge in [0.15, 0.2) is 0 Å². The normalized spacial score (nSPS) is 25.6. The van der Waals surface area contributed by atoms with Gasteiger partial charge in [-0.25, -0.2) is 4.68 Å². The molecule has 2 rings (SSSR count). The number of nitrogens with two attached hydrogens (primary N) is 2. The summed E-state index contributed by atoms with van der Waals surface area (Å²) in [6.07, 6.45) is 3.33. The molecule has 0 spiro atoms. The van der Waals surface area contributed by atoms with E-state index in [0.29, 0.717) is 18.0 Å². The van der Waals surface area contributed by atoms with Gasteiger partial charge < -0.3 is 16.2 Å². The van der Waals surface area contributed by atoms with E-state index in [1.165, 1.54) is 6.20 Å². The topological polar surface area (TPSA) is 96.2 Å². The van der Waals surface area contributed by atoms with Crippen molar-refractivity contribution >= 4 is 11.7 Å². The zero-order valence-corrected chi connectivity index (χ0v) is 9.22. The van der Waals surface area contributed by atoms with E-state index in [0.717, 1.165) is 12.8 Å². The molecule has 4 N–H and O–H groups in total. The highest BCUT2D eigenvalue weighted by molar-refractivity contribution is 5.96. The van der Waals surface area contributed by atoms with Crippen LogP contribution >= 0.6 is 0 Å². The molecule has 1 aromatic heterocycles. The second kappa shape index (κ2) is 4.13. The third kappa shape index (κ3) is 1.88. The fourth-order valence-electron chi connectivity index (χ4n) is 2.05. The van der Waals surface area contributed by atoms with Gasteiger partial charge in [0.05, 0.1) is 18.3 Å². The van der Waals surface area contributed by atoms with Gasteiger partial charge in [0.2, 0.25) is 0 Å². The third-order valence-corrected chi connectivity index (χ3v) is 2.90. The first-order valence-corrected chi connectivity index (χ1v) is 5.34. The van der Waals surface area contributed by atoms with Gasteiger partial charge in [-0.2, -0.15) is 5.10 Å². The Bertz CT molecular complexity index is 402. The monoisotopic (exact) mass is 224 g/mol. The molecule has 2 unspecified atom stereocenters. The first-order chi connectivity index (χ1) is 7.59. The van der Waals surface area contributed by atoms with Gasteiger partial charge in [0, 0.05) is 6.61 Å². The van der Waals surface area contributed by atoms with E-state index in [1.54, 1.807) is 4.68 Å². The van der Waals surface area contributed by atoms with Crippen LogP contribution < -0.4 is 11.5 Å². The molecule has 2 atom stereocenters. The van der Waals surface area contributed by atoms with Gasteiger partial charge >= 0.3 is 0 Å². The number of carbonyl (C=O) groups is 1. The Morgan fingerprint density at radius 1 is 1.69 bits per heavy atom. The minimum absolute atomic E-state index is 0.192. The highest BCUT2D eigenvalue weighted by atomic mass is 16.5. The van der Waals surface area contributed by atoms with Crippen molar-refractivity contribution in [3.63, 3.8) is 0 Å². The van der Waals surface area contributed by atoms with Crippen molar-refractivity contribution < 1.29 is 9.53 Å². The molecule has 6 heteroatoms. The van der Waals surface area contributed by atoms with E-state index in [-0.39, 0.29) is 12.1 Å². The standard InChI is InChI=1S/C10H16N4O2/c1-6-4-7(2-3-16-6)14-9(11)8(5-13-14)10(12)15/h5-7H,2-4,11H2,1H3,(H2,12,15). The molecule has 1 saturated heterocycles. The van der Waals surface area contributed by atoms with Crippen molar-refractivity contribution in [2.75, 3.05) is 12.3 Å². The molecule has 2 heterocycles. The molecule has 0 aliphatic carbocycles. The second-order valence-electron chi connectivity index (χ2n) is 4.11. The number of rotatable bonds is 2. The Hall–Kier alpha value is -1.56. The van der Waals surface area contributed by atoms with Gasteiger partial charge in [0.25, 0.3) is 5.91 Å². The molecule has 1 amide bonds. The lowest BCUT2D eigenvalue weighted by Gasteiger charge is -2.28. The van der Waals surface area contributed by atoms with E-state index < -0.39 is 5.91 Å². The van der Waals surface area contributed by atoms with Gasteiger partial charge in [-0.1, -0.05) is 0 Å². The summed E-state index contributed by atoms with van der Waals surface area (Å²) in [5.74, 6) is -0.185. The molecular weight excluding hydrogens is 208 g/mol. The smallest absolute Gasteiger partial charge is 0.254 e. The van der Waals surface area contributed by atoms with Crippen LogP contribution in [0.25, 0.3) is 0 Å². The van der Waals surface area contributed by atoms with Crippen LogP contribution in [0.1, 0.15) is 36.2 Å². The third-order valence-electron chi connectivity index (χ3n) is 2.90. The van der Waals surface area contributed by atoms with Crippen molar-refractivity contribution in [3.8, 4) is 0 Å². The zero-order chi connectivity index (χ0) is 11.7. The Morgan fingerprint density at radius 3 is 3.00 bits per heavy atom. The van der Waals surface area contributed by atoms with Crippen molar-refractivity contribution in [1.29, 1.82) is 0 Å². The Labute approximate surface area is 93.5 Å². The number of hydrogen-bond donors (Lipinski definition) is 2. The fraction of sp³-hybridized carbons (Fsp3) is 0.600. The lowest BCUT2D eigenvalue weighted by atomic mass is 10.0. The SMILES string of the molecule is CC1CC(n2ncc(C(N)=O)c2N)CCO1. The second-order valence-corrected chi connectivity index (χ2v) is 4.11. The number of nitrogens with zero attached hydrogens (tertiary/aromatic N) is 2. The summed E-state index contributed by atoms with van der Waals surface area (Å²) in [6, 6.07) is 0.192. The average molecular weight is 224 g/mol. The summed E-state index contributed by atoms with van der Waals surface area (Å²) in [4.78, 5) is 11.0. The lowest BCUT2D eigenvalue weighted by molar-refractivity contribution is 0.00399. The maximum atomic E-state index is 11.0. The Morgan fingerprint density at radius 2 is 2.44 bits per heavy atom. The van der Waals surface area contributed by atoms with Gasteiger partial charge in [-0.05, 0) is 19.8 Å². The zero-order valence-electron chi connectivity index (χ0n) is 9.22. The number of amides is 1. The van der Waals surface area contributed by atoms with Crippen LogP contribution in [0.15, 0.2) is 6.20 Å². The molecule has 0 saturated carbocycles. The molecule has 1 fully saturated rings. The van der Waals surface area contributed by atoms with Crippen molar-refractivity contribution in [2.45, 2.75) is 31.9 Å². The maximum Gasteiger partial charge on any atom is 0.254 e. The predicted octanol–water partition coefficient (Wildman–Crippen LogP) is 0.304. The van der Waals surface area contributed by atoms with Gasteiger partial charge in [0.1, 0.15) is 11.4 Å². The van der Waals surface area contributed by atoms with Crippen molar-refractivity contribution in [2.24, 2.45) is 5.73 Å². The number of nitrogen functional groups attached to an aromatic ring is 1. The van der Waals surface area contributed by atoms with E-state index >= 15 is 0 Å². The molecule has 0 aromatic carbocycles. The van der Waals surface area contributed by atoms with Crippen molar-refractivity contribution in [3.05, 3.63) is 11.8 Å². The van der Waals surface area contributed by atoms with E-state index in [9.17, 15) is 4.79 Å². The first kappa shape index (κ1) is 10.9. The molecule has 88 valence electrons. The summed E-state index contributed by atoms with van der Waals surface area (Å²) in [5.41, 5.74) is 11.3. The van der Waals surface area contributed by atoms with E-state index in [4.69, 9.17) is 16.2 Å². The summed E-state index contributed by atoms with van der Waals surface area (Å²) in [7, 11) is 0. The summed E-state index contributed by atoms with van der Waals surface area (Å²) < 4.78 is 7.13. The highest BCUT2D eigenvalue weighted by Gasteiger charge is 2.24. The van der Waals surface area contributed by atoms with E-state index in [1.807, 2.05) is 6.92 Å². The molecular formula is C10H16N4O2. The molecule has 16 heavy (non-hydrogen) atoms. The van der Waals surface area contributed by atoms with Crippen LogP contribution in [0.4, 0.5) is 5.82 Å². The van der Waals surface area contributed by atoms with Crippen LogP contribution in [-0.2, 0) is 4.74 Å². The quantitative estimate of drug-likeness (QED) is 0.755. The van der Waals surface area contributed by atoms with E-state index in [2.05, 4.69) is 5.10 Å². The molecule has 1 aliphatic rings. The van der Waals surface area contributed by atoms with Crippen LogP contribution in [-0.4, -0.2) is 28.4 Å². The summed E-state index contributed by atoms with van der Waals surface area (Å²) >= 11 is 0. The largest absolute Gasteiger partial charge is 0.383 e. The predicted molar refractivity (Wildman–Crippen MR) is 58.8 cm³/mol. The van der Waals surface area contributed by atoms with Crippen LogP contribution in [0.2, 0.25) is 0 Å². The number of anilines is 1. The Kier molecular flexibility index (Phi) is 2.82. The minimum atomic E-state index is -0.538. The first-order valence-electron chi connectivity index (χ1n) is 5.34. The number of ether oxygens (including phenoxy) is 1. The molecule has 0 bridgehead atoms. The molecule has 1 aromatic rings.